The maximum Gasteiger partial charge on any atom is 0.335 e. The number of hydrogen-bond acceptors (Lipinski definition) is 5. The maximum atomic E-state index is 13.6. The second kappa shape index (κ2) is 7.50. The van der Waals surface area contributed by atoms with Crippen LogP contribution in [-0.2, 0) is 0 Å². The Hall–Kier alpha value is -4.18. The van der Waals surface area contributed by atoms with Crippen LogP contribution in [0.5, 0.6) is 5.75 Å². The third kappa shape index (κ3) is 3.17. The molecule has 0 fully saturated rings. The first-order chi connectivity index (χ1) is 15.5. The number of halogens is 1. The van der Waals surface area contributed by atoms with Gasteiger partial charge in [0.15, 0.2) is 0 Å². The van der Waals surface area contributed by atoms with Gasteiger partial charge in [0, 0.05) is 5.56 Å². The lowest BCUT2D eigenvalue weighted by Gasteiger charge is -2.31. The normalized spacial score (nSPS) is 18.8. The van der Waals surface area contributed by atoms with Crippen LogP contribution in [0.4, 0.5) is 10.1 Å². The summed E-state index contributed by atoms with van der Waals surface area (Å²) in [7, 11) is 0. The number of fused-ring (bicyclic) bond motifs is 3. The highest BCUT2D eigenvalue weighted by molar-refractivity contribution is 6.08. The first-order valence-electron chi connectivity index (χ1n) is 10.1. The number of nitrogens with zero attached hydrogens (tertiary/aromatic N) is 3. The van der Waals surface area contributed by atoms with Gasteiger partial charge in [-0.1, -0.05) is 12.1 Å². The van der Waals surface area contributed by atoms with E-state index in [1.54, 1.807) is 24.3 Å². The van der Waals surface area contributed by atoms with E-state index in [0.29, 0.717) is 17.9 Å². The number of benzene rings is 3. The quantitative estimate of drug-likeness (QED) is 0.656. The molecule has 0 aliphatic carbocycles. The van der Waals surface area contributed by atoms with Crippen LogP contribution in [0.2, 0.25) is 0 Å². The van der Waals surface area contributed by atoms with Crippen molar-refractivity contribution in [2.24, 2.45) is 11.0 Å². The van der Waals surface area contributed by atoms with Crippen LogP contribution in [-0.4, -0.2) is 23.4 Å². The Labute approximate surface area is 183 Å². The molecule has 2 aliphatic heterocycles. The van der Waals surface area contributed by atoms with Crippen molar-refractivity contribution >= 4 is 17.4 Å². The minimum Gasteiger partial charge on any atom is -0.492 e. The lowest BCUT2D eigenvalue weighted by molar-refractivity contribution is 0.0696. The van der Waals surface area contributed by atoms with Crippen LogP contribution < -0.4 is 9.75 Å². The zero-order chi connectivity index (χ0) is 22.4. The Morgan fingerprint density at radius 3 is 2.66 bits per heavy atom. The van der Waals surface area contributed by atoms with Crippen LogP contribution in [0.25, 0.3) is 0 Å². The number of anilines is 1. The average molecular weight is 427 g/mol. The van der Waals surface area contributed by atoms with E-state index in [4.69, 9.17) is 9.84 Å². The molecular weight excluding hydrogens is 409 g/mol. The van der Waals surface area contributed by atoms with Crippen LogP contribution in [0.3, 0.4) is 0 Å². The van der Waals surface area contributed by atoms with E-state index < -0.39 is 5.97 Å². The number of hydrazone groups is 1. The molecule has 0 saturated heterocycles. The van der Waals surface area contributed by atoms with Crippen molar-refractivity contribution in [3.05, 3.63) is 94.3 Å². The predicted octanol–water partition coefficient (Wildman–Crippen LogP) is 4.68. The number of nitriles is 1. The smallest absolute Gasteiger partial charge is 0.335 e. The second-order valence-corrected chi connectivity index (χ2v) is 7.87. The van der Waals surface area contributed by atoms with Gasteiger partial charge in [0.2, 0.25) is 0 Å². The van der Waals surface area contributed by atoms with E-state index in [2.05, 4.69) is 6.07 Å². The van der Waals surface area contributed by atoms with Gasteiger partial charge in [-0.3, -0.25) is 5.01 Å². The summed E-state index contributed by atoms with van der Waals surface area (Å²) in [6.45, 7) is 2.18. The molecule has 3 aromatic rings. The maximum absolute atomic E-state index is 13.6. The summed E-state index contributed by atoms with van der Waals surface area (Å²) in [6, 6.07) is 18.5. The van der Waals surface area contributed by atoms with Gasteiger partial charge < -0.3 is 9.84 Å². The molecule has 0 radical (unpaired) electrons. The van der Waals surface area contributed by atoms with Gasteiger partial charge in [-0.05, 0) is 66.6 Å². The largest absolute Gasteiger partial charge is 0.492 e. The molecule has 158 valence electrons. The van der Waals surface area contributed by atoms with Crippen molar-refractivity contribution in [2.45, 2.75) is 13.0 Å². The monoisotopic (exact) mass is 427 g/mol. The minimum absolute atomic E-state index is 0.139. The summed E-state index contributed by atoms with van der Waals surface area (Å²) in [5, 5.41) is 25.4. The number of aryl methyl sites for hydroxylation is 1. The molecule has 0 spiro atoms. The summed E-state index contributed by atoms with van der Waals surface area (Å²) in [4.78, 5) is 11.4. The van der Waals surface area contributed by atoms with Gasteiger partial charge in [0.05, 0.1) is 47.2 Å². The SMILES string of the molecule is Cc1cc(N2N=C3c4ccc(C(=O)O)cc4OCC3C2c2ccc(F)cc2)ccc1C#N. The first kappa shape index (κ1) is 19.8. The lowest BCUT2D eigenvalue weighted by atomic mass is 9.85. The Balaban J connectivity index is 1.64. The lowest BCUT2D eigenvalue weighted by Crippen LogP contribution is -2.33. The number of rotatable bonds is 3. The molecule has 0 aromatic heterocycles. The highest BCUT2D eigenvalue weighted by atomic mass is 19.1. The summed E-state index contributed by atoms with van der Waals surface area (Å²) < 4.78 is 19.6. The van der Waals surface area contributed by atoms with E-state index in [9.17, 15) is 19.6 Å². The third-order valence-corrected chi connectivity index (χ3v) is 5.94. The molecule has 6 nitrogen and oxygen atoms in total. The van der Waals surface area contributed by atoms with E-state index in [-0.39, 0.29) is 23.3 Å². The second-order valence-electron chi connectivity index (χ2n) is 7.87. The summed E-state index contributed by atoms with van der Waals surface area (Å²) in [6.07, 6.45) is 0. The minimum atomic E-state index is -1.02. The standard InChI is InChI=1S/C25H18FN3O3/c1-14-10-19(8-4-17(14)12-27)29-24(15-2-6-18(26)7-3-15)21-13-32-22-11-16(25(30)31)5-9-20(22)23(21)28-29/h2-11,21,24H,13H2,1H3,(H,30,31). The van der Waals surface area contributed by atoms with Gasteiger partial charge in [0.1, 0.15) is 11.6 Å². The van der Waals surface area contributed by atoms with E-state index in [0.717, 1.165) is 28.1 Å². The Kier molecular flexibility index (Phi) is 4.63. The van der Waals surface area contributed by atoms with Crippen molar-refractivity contribution in [1.82, 2.24) is 0 Å². The fourth-order valence-electron chi connectivity index (χ4n) is 4.33. The van der Waals surface area contributed by atoms with Crippen LogP contribution in [0.15, 0.2) is 65.8 Å². The van der Waals surface area contributed by atoms with Crippen molar-refractivity contribution < 1.29 is 19.0 Å². The fraction of sp³-hybridized carbons (Fsp3) is 0.160. The van der Waals surface area contributed by atoms with Crippen LogP contribution in [0.1, 0.15) is 38.7 Å². The molecule has 0 bridgehead atoms. The first-order valence-corrected chi connectivity index (χ1v) is 10.1. The Morgan fingerprint density at radius 1 is 1.19 bits per heavy atom. The number of ether oxygens (including phenoxy) is 1. The van der Waals surface area contributed by atoms with Crippen LogP contribution >= 0.6 is 0 Å². The molecular formula is C25H18FN3O3. The van der Waals surface area contributed by atoms with E-state index >= 15 is 0 Å². The van der Waals surface area contributed by atoms with Gasteiger partial charge >= 0.3 is 5.97 Å². The highest BCUT2D eigenvalue weighted by Crippen LogP contribution is 2.45. The van der Waals surface area contributed by atoms with E-state index in [1.165, 1.54) is 24.3 Å². The van der Waals surface area contributed by atoms with Gasteiger partial charge in [0.25, 0.3) is 0 Å². The number of aromatic carboxylic acids is 1. The Bertz CT molecular complexity index is 1310. The average Bonchev–Trinajstić information content (AvgIpc) is 3.19. The van der Waals surface area contributed by atoms with Crippen molar-refractivity contribution in [1.29, 1.82) is 5.26 Å². The molecule has 7 heteroatoms. The topological polar surface area (TPSA) is 85.9 Å². The summed E-state index contributed by atoms with van der Waals surface area (Å²) in [5.41, 5.74) is 4.79. The number of carboxylic acids is 1. The number of carboxylic acid groups (broad SMARTS) is 1. The molecule has 2 unspecified atom stereocenters. The molecule has 2 heterocycles. The van der Waals surface area contributed by atoms with Crippen LogP contribution in [0, 0.1) is 30.0 Å². The van der Waals surface area contributed by atoms with Gasteiger partial charge in [-0.25, -0.2) is 9.18 Å². The molecule has 32 heavy (non-hydrogen) atoms. The molecule has 0 amide bonds. The van der Waals surface area contributed by atoms with E-state index in [1.807, 2.05) is 24.1 Å². The summed E-state index contributed by atoms with van der Waals surface area (Å²) >= 11 is 0. The van der Waals surface area contributed by atoms with Gasteiger partial charge in [-0.2, -0.15) is 10.4 Å². The van der Waals surface area contributed by atoms with Crippen molar-refractivity contribution in [3.63, 3.8) is 0 Å². The Morgan fingerprint density at radius 2 is 1.97 bits per heavy atom. The molecule has 3 aromatic carbocycles. The molecule has 2 aliphatic rings. The fourth-order valence-corrected chi connectivity index (χ4v) is 4.33. The van der Waals surface area contributed by atoms with Gasteiger partial charge in [-0.15, -0.1) is 0 Å². The van der Waals surface area contributed by atoms with Crippen molar-refractivity contribution in [2.75, 3.05) is 11.6 Å². The highest BCUT2D eigenvalue weighted by Gasteiger charge is 2.43. The third-order valence-electron chi connectivity index (χ3n) is 5.94. The number of carbonyl (C=O) groups is 1. The molecule has 2 atom stereocenters. The molecule has 1 N–H and O–H groups in total. The predicted molar refractivity (Wildman–Crippen MR) is 116 cm³/mol. The van der Waals surface area contributed by atoms with Crippen molar-refractivity contribution in [3.8, 4) is 11.8 Å². The summed E-state index contributed by atoms with van der Waals surface area (Å²) in [5.74, 6) is -0.999. The molecule has 0 saturated carbocycles. The zero-order valence-corrected chi connectivity index (χ0v) is 17.1. The number of hydrogen-bond donors (Lipinski definition) is 1. The zero-order valence-electron chi connectivity index (χ0n) is 17.1. The molecule has 5 rings (SSSR count).